The fourth-order valence-corrected chi connectivity index (χ4v) is 3.16. The number of carbonyl (C=O) groups is 2. The molecule has 1 aliphatic heterocycles. The van der Waals surface area contributed by atoms with E-state index < -0.39 is 0 Å². The van der Waals surface area contributed by atoms with Gasteiger partial charge in [-0.15, -0.1) is 0 Å². The number of hydrogen-bond donors (Lipinski definition) is 2. The van der Waals surface area contributed by atoms with Crippen molar-refractivity contribution in [2.45, 2.75) is 45.8 Å². The van der Waals surface area contributed by atoms with Crippen LogP contribution in [0.15, 0.2) is 24.3 Å². The number of rotatable bonds is 8. The average molecular weight is 393 g/mol. The van der Waals surface area contributed by atoms with Crippen molar-refractivity contribution >= 4 is 11.8 Å². The lowest BCUT2D eigenvalue weighted by Gasteiger charge is -2.31. The van der Waals surface area contributed by atoms with Crippen molar-refractivity contribution in [3.63, 3.8) is 0 Å². The normalized spacial score (nSPS) is 17.0. The lowest BCUT2D eigenvalue weighted by molar-refractivity contribution is -0.863. The molecular weight excluding hydrogens is 358 g/mol. The molecule has 2 rings (SSSR count). The second-order valence-corrected chi connectivity index (χ2v) is 8.45. The van der Waals surface area contributed by atoms with Crippen molar-refractivity contribution in [3.05, 3.63) is 24.3 Å². The zero-order valence-electron chi connectivity index (χ0n) is 17.7. The van der Waals surface area contributed by atoms with E-state index in [9.17, 15) is 9.59 Å². The van der Waals surface area contributed by atoms with Crippen LogP contribution < -0.4 is 19.7 Å². The summed E-state index contributed by atoms with van der Waals surface area (Å²) in [7, 11) is 1.86. The molecule has 2 N–H and O–H groups in total. The van der Waals surface area contributed by atoms with Crippen molar-refractivity contribution in [2.24, 2.45) is 0 Å². The van der Waals surface area contributed by atoms with Crippen LogP contribution in [0.25, 0.3) is 0 Å². The summed E-state index contributed by atoms with van der Waals surface area (Å²) in [6.45, 7) is 9.95. The van der Waals surface area contributed by atoms with Gasteiger partial charge in [0, 0.05) is 12.1 Å². The van der Waals surface area contributed by atoms with Crippen LogP contribution in [-0.2, 0) is 9.59 Å². The summed E-state index contributed by atoms with van der Waals surface area (Å²) in [5, 5.41) is 2.93. The molecule has 2 amide bonds. The number of ether oxygens (including phenoxy) is 2. The van der Waals surface area contributed by atoms with Gasteiger partial charge >= 0.3 is 0 Å². The summed E-state index contributed by atoms with van der Waals surface area (Å²) in [4.78, 5) is 27.6. The number of likely N-dealkylation sites (N-methyl/N-ethyl adjacent to an activating group) is 1. The van der Waals surface area contributed by atoms with Crippen LogP contribution in [0.1, 0.15) is 34.1 Å². The number of fused-ring (bicyclic) bond motifs is 1. The van der Waals surface area contributed by atoms with E-state index in [1.54, 1.807) is 0 Å². The Morgan fingerprint density at radius 1 is 1.21 bits per heavy atom. The zero-order chi connectivity index (χ0) is 20.7. The van der Waals surface area contributed by atoms with Crippen LogP contribution in [0.3, 0.4) is 0 Å². The molecule has 28 heavy (non-hydrogen) atoms. The molecule has 1 aromatic rings. The number of para-hydroxylation sites is 2. The highest BCUT2D eigenvalue weighted by atomic mass is 16.6. The van der Waals surface area contributed by atoms with Crippen LogP contribution in [0, 0.1) is 0 Å². The van der Waals surface area contributed by atoms with Gasteiger partial charge in [-0.25, -0.2) is 0 Å². The molecule has 156 valence electrons. The highest BCUT2D eigenvalue weighted by Crippen LogP contribution is 2.31. The van der Waals surface area contributed by atoms with E-state index in [1.807, 2.05) is 63.9 Å². The van der Waals surface area contributed by atoms with E-state index in [-0.39, 0.29) is 36.5 Å². The van der Waals surface area contributed by atoms with Crippen molar-refractivity contribution in [3.8, 4) is 11.5 Å². The maximum absolute atomic E-state index is 12.8. The Labute approximate surface area is 168 Å². The number of benzene rings is 1. The summed E-state index contributed by atoms with van der Waals surface area (Å²) in [6, 6.07) is 7.56. The molecule has 2 atom stereocenters. The molecule has 1 aromatic carbocycles. The summed E-state index contributed by atoms with van der Waals surface area (Å²) < 4.78 is 11.7. The smallest absolute Gasteiger partial charge is 0.277 e. The first kappa shape index (κ1) is 22.0. The van der Waals surface area contributed by atoms with Crippen LogP contribution in [-0.4, -0.2) is 68.2 Å². The van der Waals surface area contributed by atoms with Crippen LogP contribution in [0.2, 0.25) is 0 Å². The average Bonchev–Trinajstić information content (AvgIpc) is 2.59. The van der Waals surface area contributed by atoms with Gasteiger partial charge in [-0.3, -0.25) is 9.59 Å². The van der Waals surface area contributed by atoms with Crippen molar-refractivity contribution in [1.29, 1.82) is 0 Å². The number of hydrogen-bond acceptors (Lipinski definition) is 4. The fraction of sp³-hybridized carbons (Fsp3) is 0.619. The minimum Gasteiger partial charge on any atom is -0.486 e. The molecule has 1 aliphatic rings. The summed E-state index contributed by atoms with van der Waals surface area (Å²) in [5.74, 6) is 1.41. The first-order valence-electron chi connectivity index (χ1n) is 9.96. The Morgan fingerprint density at radius 2 is 1.89 bits per heavy atom. The molecule has 0 saturated carbocycles. The van der Waals surface area contributed by atoms with Gasteiger partial charge in [0.25, 0.3) is 11.8 Å². The zero-order valence-corrected chi connectivity index (χ0v) is 17.7. The number of nitrogens with one attached hydrogen (secondary N) is 2. The Bertz CT molecular complexity index is 672. The molecule has 0 fully saturated rings. The molecule has 0 aliphatic carbocycles. The molecule has 1 unspecified atom stereocenters. The molecule has 0 bridgehead atoms. The number of nitrogens with zero attached hydrogens (tertiary/aromatic N) is 1. The van der Waals surface area contributed by atoms with E-state index in [0.717, 1.165) is 17.1 Å². The lowest BCUT2D eigenvalue weighted by atomic mass is 10.1. The third kappa shape index (κ3) is 7.03. The molecule has 0 spiro atoms. The molecule has 0 saturated heterocycles. The molecule has 0 aromatic heterocycles. The highest BCUT2D eigenvalue weighted by molar-refractivity contribution is 5.79. The first-order chi connectivity index (χ1) is 13.2. The van der Waals surface area contributed by atoms with Crippen LogP contribution in [0.4, 0.5) is 0 Å². The Morgan fingerprint density at radius 3 is 2.54 bits per heavy atom. The van der Waals surface area contributed by atoms with Crippen LogP contribution in [0.5, 0.6) is 11.5 Å². The molecular formula is C21H34N3O4+. The van der Waals surface area contributed by atoms with Crippen molar-refractivity contribution in [2.75, 3.05) is 39.8 Å². The highest BCUT2D eigenvalue weighted by Gasteiger charge is 2.27. The minimum absolute atomic E-state index is 0.0189. The summed E-state index contributed by atoms with van der Waals surface area (Å²) in [5.41, 5.74) is -0.274. The second-order valence-electron chi connectivity index (χ2n) is 8.45. The van der Waals surface area contributed by atoms with E-state index in [2.05, 4.69) is 5.32 Å². The number of quaternary nitrogens is 1. The largest absolute Gasteiger partial charge is 0.486 e. The van der Waals surface area contributed by atoms with Gasteiger partial charge in [0.2, 0.25) is 0 Å². The number of carbonyl (C=O) groups excluding carboxylic acids is 2. The lowest BCUT2D eigenvalue weighted by Crippen LogP contribution is -3.11. The maximum Gasteiger partial charge on any atom is 0.277 e. The minimum atomic E-state index is -0.274. The van der Waals surface area contributed by atoms with Gasteiger partial charge < -0.3 is 24.6 Å². The second kappa shape index (κ2) is 9.78. The van der Waals surface area contributed by atoms with Gasteiger partial charge in [0.15, 0.2) is 30.7 Å². The summed E-state index contributed by atoms with van der Waals surface area (Å²) >= 11 is 0. The van der Waals surface area contributed by atoms with Gasteiger partial charge in [0.1, 0.15) is 6.61 Å². The predicted molar refractivity (Wildman–Crippen MR) is 108 cm³/mol. The fourth-order valence-electron chi connectivity index (χ4n) is 3.16. The Hall–Kier alpha value is -2.28. The number of amides is 2. The Kier molecular flexibility index (Phi) is 7.69. The van der Waals surface area contributed by atoms with Crippen LogP contribution >= 0.6 is 0 Å². The van der Waals surface area contributed by atoms with Gasteiger partial charge in [-0.1, -0.05) is 19.1 Å². The van der Waals surface area contributed by atoms with Gasteiger partial charge in [0.05, 0.1) is 13.6 Å². The molecule has 1 heterocycles. The molecule has 0 radical (unpaired) electrons. The monoisotopic (exact) mass is 392 g/mol. The standard InChI is InChI=1S/C21H33N3O4/c1-6-11-24(12-16-15-27-17-9-7-8-10-18(17)28-16)20(26)14-23(5)13-19(25)22-21(2,3)4/h7-10,16H,6,11-15H2,1-5H3,(H,22,25)/p+1/t16-/m0/s1. The maximum atomic E-state index is 12.8. The Balaban J connectivity index is 1.88. The SMILES string of the molecule is CCCN(C[C@H]1COc2ccccc2O1)C(=O)C[NH+](C)CC(=O)NC(C)(C)C. The van der Waals surface area contributed by atoms with Crippen molar-refractivity contribution in [1.82, 2.24) is 10.2 Å². The third-order valence-corrected chi connectivity index (χ3v) is 4.27. The third-order valence-electron chi connectivity index (χ3n) is 4.27. The van der Waals surface area contributed by atoms with E-state index in [0.29, 0.717) is 25.4 Å². The van der Waals surface area contributed by atoms with Gasteiger partial charge in [-0.05, 0) is 39.3 Å². The van der Waals surface area contributed by atoms with E-state index in [4.69, 9.17) is 9.47 Å². The van der Waals surface area contributed by atoms with Crippen molar-refractivity contribution < 1.29 is 24.0 Å². The molecule has 7 nitrogen and oxygen atoms in total. The quantitative estimate of drug-likeness (QED) is 0.676. The van der Waals surface area contributed by atoms with E-state index in [1.165, 1.54) is 0 Å². The van der Waals surface area contributed by atoms with E-state index >= 15 is 0 Å². The van der Waals surface area contributed by atoms with Gasteiger partial charge in [-0.2, -0.15) is 0 Å². The summed E-state index contributed by atoms with van der Waals surface area (Å²) in [6.07, 6.45) is 0.661. The molecule has 7 heteroatoms. The first-order valence-corrected chi connectivity index (χ1v) is 9.96. The topological polar surface area (TPSA) is 72.3 Å². The predicted octanol–water partition coefficient (Wildman–Crippen LogP) is 0.494.